The van der Waals surface area contributed by atoms with E-state index in [0.29, 0.717) is 17.8 Å². The molecule has 4 aromatic rings. The van der Waals surface area contributed by atoms with Crippen LogP contribution in [-0.2, 0) is 15.6 Å². The summed E-state index contributed by atoms with van der Waals surface area (Å²) in [6.45, 7) is 20.8. The first kappa shape index (κ1) is 33.9. The van der Waals surface area contributed by atoms with Crippen LogP contribution in [0.2, 0.25) is 13.1 Å². The van der Waals surface area contributed by atoms with Crippen molar-refractivity contribution < 1.29 is 15.6 Å². The average Bonchev–Trinajstić information content (AvgIpc) is 3.60. The number of rotatable bonds is 8. The molecular weight excluding hydrogens is 695 g/mol. The maximum atomic E-state index is 8.59. The second-order valence-corrected chi connectivity index (χ2v) is 57.6. The SMILES string of the molecule is CC1=Cc2c(-c3ccc(C(C)C)cc3)cccc2[CH]1[Zr]([Cl])([Cl])([CH]1C(C(C)C)=Cc2c(-c3ccc(C(C)C)cc3)cccc21)[SiH](C)C. The van der Waals surface area contributed by atoms with Crippen LogP contribution < -0.4 is 0 Å². The van der Waals surface area contributed by atoms with Gasteiger partial charge in [-0.2, -0.15) is 0 Å². The number of benzene rings is 4. The van der Waals surface area contributed by atoms with Gasteiger partial charge in [0.2, 0.25) is 0 Å². The molecule has 0 N–H and O–H groups in total. The van der Waals surface area contributed by atoms with Crippen LogP contribution in [0.4, 0.5) is 0 Å². The summed E-state index contributed by atoms with van der Waals surface area (Å²) < 4.78 is 0.183. The summed E-state index contributed by atoms with van der Waals surface area (Å²) in [7, 11) is 17.2. The van der Waals surface area contributed by atoms with Gasteiger partial charge in [0.15, 0.2) is 0 Å². The van der Waals surface area contributed by atoms with E-state index in [1.165, 1.54) is 66.8 Å². The van der Waals surface area contributed by atoms with Crippen LogP contribution in [0.15, 0.2) is 96.1 Å². The van der Waals surface area contributed by atoms with Crippen molar-refractivity contribution in [2.24, 2.45) is 5.92 Å². The molecule has 46 heavy (non-hydrogen) atoms. The zero-order valence-electron chi connectivity index (χ0n) is 29.0. The zero-order valence-corrected chi connectivity index (χ0v) is 34.1. The van der Waals surface area contributed by atoms with Crippen molar-refractivity contribution in [1.29, 1.82) is 0 Å². The molecule has 0 aromatic heterocycles. The minimum absolute atomic E-state index is 0.0911. The Morgan fingerprint density at radius 2 is 1.00 bits per heavy atom. The van der Waals surface area contributed by atoms with E-state index in [0.717, 1.165) is 0 Å². The van der Waals surface area contributed by atoms with Gasteiger partial charge in [0.1, 0.15) is 0 Å². The molecule has 0 fully saturated rings. The Morgan fingerprint density at radius 3 is 1.41 bits per heavy atom. The molecular formula is C42H49Cl2SiZr. The maximum absolute atomic E-state index is 8.59. The summed E-state index contributed by atoms with van der Waals surface area (Å²) in [6, 6.07) is 32.0. The third-order valence-corrected chi connectivity index (χ3v) is 63.0. The standard InChI is InChI=1S/C21H23.C19H19.C2H7Si.2ClH.Zr/c1-14(2)16-8-10-17(11-9-16)20-7-5-6-18-12-19(15(3)4)13-21(18)20;1-13(2)15-7-9-16(10-8-15)18-6-4-5-17-11-14(3)12-19(17)18;1-3-2;;;/h5-15H,1-4H3;4-13H,1-3H3;3H,1-2H3;2*1H;/q;;;;;+2/p-2. The Labute approximate surface area is 286 Å². The van der Waals surface area contributed by atoms with Gasteiger partial charge in [-0.1, -0.05) is 0 Å². The molecule has 0 radical (unpaired) electrons. The molecule has 4 aromatic carbocycles. The molecule has 0 nitrogen and oxygen atoms in total. The van der Waals surface area contributed by atoms with Gasteiger partial charge < -0.3 is 0 Å². The predicted octanol–water partition coefficient (Wildman–Crippen LogP) is 13.5. The average molecular weight is 744 g/mol. The second kappa shape index (κ2) is 12.5. The van der Waals surface area contributed by atoms with Crippen molar-refractivity contribution in [3.63, 3.8) is 0 Å². The molecule has 2 atom stereocenters. The topological polar surface area (TPSA) is 0 Å². The number of allylic oxidation sites excluding steroid dienone is 2. The summed E-state index contributed by atoms with van der Waals surface area (Å²) in [5.74, 6) is -0.243. The Balaban J connectivity index is 1.53. The molecule has 0 heterocycles. The van der Waals surface area contributed by atoms with Crippen molar-refractivity contribution in [1.82, 2.24) is 0 Å². The van der Waals surface area contributed by atoms with Gasteiger partial charge in [0.25, 0.3) is 0 Å². The summed E-state index contributed by atoms with van der Waals surface area (Å²) in [4.78, 5) is 0. The van der Waals surface area contributed by atoms with Gasteiger partial charge in [0, 0.05) is 0 Å². The Kier molecular flexibility index (Phi) is 9.21. The van der Waals surface area contributed by atoms with E-state index in [-0.39, 0.29) is 7.25 Å². The van der Waals surface area contributed by atoms with Crippen molar-refractivity contribution in [3.05, 3.63) is 129 Å². The molecule has 0 aliphatic heterocycles. The number of hydrogen-bond acceptors (Lipinski definition) is 0. The molecule has 4 heteroatoms. The Bertz CT molecular complexity index is 1840. The van der Waals surface area contributed by atoms with Crippen molar-refractivity contribution in [2.75, 3.05) is 0 Å². The van der Waals surface area contributed by atoms with E-state index in [4.69, 9.17) is 17.0 Å². The molecule has 0 saturated heterocycles. The second-order valence-electron chi connectivity index (χ2n) is 15.1. The molecule has 239 valence electrons. The molecule has 0 spiro atoms. The van der Waals surface area contributed by atoms with Gasteiger partial charge in [-0.25, -0.2) is 0 Å². The summed E-state index contributed by atoms with van der Waals surface area (Å²) >= 11 is -4.79. The fourth-order valence-corrected chi connectivity index (χ4v) is 40.5. The fourth-order valence-electron chi connectivity index (χ4n) is 8.26. The molecule has 2 unspecified atom stereocenters. The van der Waals surface area contributed by atoms with Crippen LogP contribution in [0.25, 0.3) is 34.4 Å². The van der Waals surface area contributed by atoms with Crippen LogP contribution in [-0.4, -0.2) is 5.92 Å². The first-order valence-electron chi connectivity index (χ1n) is 17.2. The molecule has 2 aliphatic rings. The van der Waals surface area contributed by atoms with Crippen molar-refractivity contribution in [2.45, 2.75) is 80.6 Å². The molecule has 0 saturated carbocycles. The summed E-state index contributed by atoms with van der Waals surface area (Å²) in [5.41, 5.74) is 15.9. The first-order chi connectivity index (χ1) is 21.7. The van der Waals surface area contributed by atoms with Crippen LogP contribution in [0.5, 0.6) is 0 Å². The van der Waals surface area contributed by atoms with Crippen LogP contribution in [0, 0.1) is 5.92 Å². The van der Waals surface area contributed by atoms with E-state index >= 15 is 0 Å². The summed E-state index contributed by atoms with van der Waals surface area (Å²) in [6.07, 6.45) is 4.90. The number of fused-ring (bicyclic) bond motifs is 2. The van der Waals surface area contributed by atoms with Gasteiger partial charge in [-0.15, -0.1) is 0 Å². The van der Waals surface area contributed by atoms with Gasteiger partial charge in [-0.05, 0) is 0 Å². The molecule has 0 bridgehead atoms. The predicted molar refractivity (Wildman–Crippen MR) is 204 cm³/mol. The number of halogens is 2. The Morgan fingerprint density at radius 1 is 0.565 bits per heavy atom. The van der Waals surface area contributed by atoms with Gasteiger partial charge in [0.05, 0.1) is 0 Å². The molecule has 2 aliphatic carbocycles. The summed E-state index contributed by atoms with van der Waals surface area (Å²) in [5, 5.41) is 0. The van der Waals surface area contributed by atoms with Crippen LogP contribution in [0.3, 0.4) is 0 Å². The van der Waals surface area contributed by atoms with Crippen molar-refractivity contribution >= 4 is 35.1 Å². The molecule has 6 rings (SSSR count). The van der Waals surface area contributed by atoms with Crippen molar-refractivity contribution in [3.8, 4) is 22.3 Å². The normalized spacial score (nSPS) is 18.5. The monoisotopic (exact) mass is 741 g/mol. The van der Waals surface area contributed by atoms with Gasteiger partial charge in [-0.3, -0.25) is 0 Å². The third kappa shape index (κ3) is 5.44. The van der Waals surface area contributed by atoms with E-state index < -0.39 is 21.5 Å². The van der Waals surface area contributed by atoms with Crippen LogP contribution >= 0.6 is 17.0 Å². The Hall–Kier alpha value is -1.96. The van der Waals surface area contributed by atoms with E-state index in [9.17, 15) is 0 Å². The van der Waals surface area contributed by atoms with Crippen LogP contribution in [0.1, 0.15) is 101 Å². The van der Waals surface area contributed by atoms with Gasteiger partial charge >= 0.3 is 289 Å². The van der Waals surface area contributed by atoms with E-state index in [1.54, 1.807) is 0 Å². The van der Waals surface area contributed by atoms with E-state index in [2.05, 4.69) is 159 Å². The third-order valence-electron chi connectivity index (χ3n) is 11.0. The first-order valence-corrected chi connectivity index (χ1v) is 33.5. The molecule has 0 amide bonds. The number of hydrogen-bond donors (Lipinski definition) is 0. The zero-order chi connectivity index (χ0) is 33.2. The minimum atomic E-state index is -4.79. The van der Waals surface area contributed by atoms with E-state index in [1.807, 2.05) is 0 Å². The fraction of sp³-hybridized carbons (Fsp3) is 0.333. The quantitative estimate of drug-likeness (QED) is 0.158.